The van der Waals surface area contributed by atoms with Crippen LogP contribution in [0.4, 0.5) is 30.6 Å². The maximum atomic E-state index is 12.8. The van der Waals surface area contributed by atoms with Crippen LogP contribution in [0.25, 0.3) is 11.3 Å². The van der Waals surface area contributed by atoms with Gasteiger partial charge in [0, 0.05) is 23.4 Å². The van der Waals surface area contributed by atoms with Gasteiger partial charge in [0.25, 0.3) is 0 Å². The van der Waals surface area contributed by atoms with Crippen LogP contribution in [0, 0.1) is 6.92 Å². The fraction of sp³-hybridized carbons (Fsp3) is 0.333. The molecule has 0 atom stereocenters. The predicted octanol–water partition coefficient (Wildman–Crippen LogP) is 5.27. The van der Waals surface area contributed by atoms with Crippen molar-refractivity contribution in [2.75, 3.05) is 37.3 Å². The maximum Gasteiger partial charge on any atom is 0.416 e. The van der Waals surface area contributed by atoms with E-state index >= 15 is 0 Å². The lowest BCUT2D eigenvalue weighted by Crippen LogP contribution is -2.25. The number of alkyl halides is 3. The Kier molecular flexibility index (Phi) is 6.69. The third-order valence-electron chi connectivity index (χ3n) is 5.64. The van der Waals surface area contributed by atoms with Crippen molar-refractivity contribution in [2.45, 2.75) is 25.9 Å². The Bertz CT molecular complexity index is 1080. The van der Waals surface area contributed by atoms with E-state index < -0.39 is 11.7 Å². The van der Waals surface area contributed by atoms with Crippen molar-refractivity contribution in [3.05, 3.63) is 59.7 Å². The monoisotopic (exact) mass is 457 g/mol. The van der Waals surface area contributed by atoms with Crippen molar-refractivity contribution in [3.63, 3.8) is 0 Å². The van der Waals surface area contributed by atoms with Gasteiger partial charge >= 0.3 is 6.18 Å². The normalized spacial score (nSPS) is 14.4. The molecule has 3 N–H and O–H groups in total. The van der Waals surface area contributed by atoms with Crippen LogP contribution in [0.15, 0.2) is 48.5 Å². The summed E-state index contributed by atoms with van der Waals surface area (Å²) < 4.78 is 44.3. The molecule has 0 unspecified atom stereocenters. The molecule has 3 aromatic rings. The second-order valence-electron chi connectivity index (χ2n) is 8.03. The first-order chi connectivity index (χ1) is 15.8. The molecule has 174 valence electrons. The van der Waals surface area contributed by atoms with Crippen LogP contribution < -0.4 is 15.8 Å². The highest BCUT2D eigenvalue weighted by atomic mass is 19.4. The lowest BCUT2D eigenvalue weighted by molar-refractivity contribution is -0.137. The largest absolute Gasteiger partial charge is 0.492 e. The minimum absolute atomic E-state index is 0.0657. The van der Waals surface area contributed by atoms with Crippen molar-refractivity contribution in [1.82, 2.24) is 14.9 Å². The van der Waals surface area contributed by atoms with Gasteiger partial charge in [-0.1, -0.05) is 0 Å². The first kappa shape index (κ1) is 22.8. The lowest BCUT2D eigenvalue weighted by atomic mass is 10.1. The first-order valence-corrected chi connectivity index (χ1v) is 10.8. The Morgan fingerprint density at radius 2 is 1.67 bits per heavy atom. The maximum absolute atomic E-state index is 12.8. The highest BCUT2D eigenvalue weighted by molar-refractivity contribution is 5.72. The van der Waals surface area contributed by atoms with E-state index in [-0.39, 0.29) is 5.95 Å². The molecule has 33 heavy (non-hydrogen) atoms. The van der Waals surface area contributed by atoms with Crippen LogP contribution in [-0.4, -0.2) is 41.1 Å². The lowest BCUT2D eigenvalue weighted by Gasteiger charge is -2.15. The van der Waals surface area contributed by atoms with E-state index in [0.717, 1.165) is 48.6 Å². The highest BCUT2D eigenvalue weighted by Crippen LogP contribution is 2.32. The van der Waals surface area contributed by atoms with Gasteiger partial charge in [-0.3, -0.25) is 4.90 Å². The van der Waals surface area contributed by atoms with Gasteiger partial charge in [0.1, 0.15) is 18.2 Å². The van der Waals surface area contributed by atoms with Crippen LogP contribution in [-0.2, 0) is 6.18 Å². The van der Waals surface area contributed by atoms with E-state index in [1.807, 2.05) is 31.2 Å². The molecular weight excluding hydrogens is 431 g/mol. The van der Waals surface area contributed by atoms with Crippen LogP contribution in [0.5, 0.6) is 5.75 Å². The van der Waals surface area contributed by atoms with E-state index in [1.165, 1.54) is 25.0 Å². The van der Waals surface area contributed by atoms with Crippen LogP contribution in [0.3, 0.4) is 0 Å². The van der Waals surface area contributed by atoms with E-state index in [1.54, 1.807) is 0 Å². The summed E-state index contributed by atoms with van der Waals surface area (Å²) in [6.45, 7) is 5.67. The van der Waals surface area contributed by atoms with Gasteiger partial charge in [-0.15, -0.1) is 0 Å². The molecule has 0 aliphatic carbocycles. The number of nitrogens with two attached hydrogens (primary N) is 1. The van der Waals surface area contributed by atoms with Gasteiger partial charge in [-0.25, -0.2) is 4.98 Å². The van der Waals surface area contributed by atoms with Crippen molar-refractivity contribution in [1.29, 1.82) is 0 Å². The first-order valence-electron chi connectivity index (χ1n) is 10.8. The summed E-state index contributed by atoms with van der Waals surface area (Å²) in [7, 11) is 0. The van der Waals surface area contributed by atoms with Gasteiger partial charge in [-0.05, 0) is 81.4 Å². The molecular formula is C24H26F3N5O. The summed E-state index contributed by atoms with van der Waals surface area (Å²) in [6.07, 6.45) is -1.87. The van der Waals surface area contributed by atoms with Crippen molar-refractivity contribution >= 4 is 17.5 Å². The third kappa shape index (κ3) is 5.73. The molecule has 1 aliphatic rings. The van der Waals surface area contributed by atoms with Crippen molar-refractivity contribution in [3.8, 4) is 17.0 Å². The quantitative estimate of drug-likeness (QED) is 0.503. The smallest absolute Gasteiger partial charge is 0.416 e. The number of anilines is 3. The summed E-state index contributed by atoms with van der Waals surface area (Å²) in [6, 6.07) is 12.3. The van der Waals surface area contributed by atoms with Crippen molar-refractivity contribution < 1.29 is 17.9 Å². The Morgan fingerprint density at radius 1 is 1.00 bits per heavy atom. The average Bonchev–Trinajstić information content (AvgIpc) is 3.30. The Labute approximate surface area is 190 Å². The number of nitrogens with one attached hydrogen (secondary N) is 1. The second kappa shape index (κ2) is 9.66. The van der Waals surface area contributed by atoms with Crippen LogP contribution >= 0.6 is 0 Å². The fourth-order valence-corrected chi connectivity index (χ4v) is 3.82. The number of nitrogen functional groups attached to an aromatic ring is 1. The topological polar surface area (TPSA) is 76.3 Å². The SMILES string of the molecule is Cc1c(Nc2ccc(C(F)(F)F)cc2)nc(N)nc1-c1ccc(OCCN2CCCC2)cc1. The van der Waals surface area contributed by atoms with Crippen LogP contribution in [0.1, 0.15) is 24.0 Å². The molecule has 0 radical (unpaired) electrons. The second-order valence-corrected chi connectivity index (χ2v) is 8.03. The zero-order valence-corrected chi connectivity index (χ0v) is 18.3. The molecule has 0 amide bonds. The fourth-order valence-electron chi connectivity index (χ4n) is 3.82. The number of likely N-dealkylation sites (tertiary alicyclic amines) is 1. The zero-order chi connectivity index (χ0) is 23.4. The molecule has 2 heterocycles. The zero-order valence-electron chi connectivity index (χ0n) is 18.3. The van der Waals surface area contributed by atoms with Gasteiger partial charge in [-0.2, -0.15) is 18.2 Å². The summed E-state index contributed by atoms with van der Waals surface area (Å²) in [5.74, 6) is 1.28. The molecule has 1 aromatic heterocycles. The minimum Gasteiger partial charge on any atom is -0.492 e. The standard InChI is InChI=1S/C24H26F3N5O/c1-16-21(17-4-10-20(11-5-17)33-15-14-32-12-2-3-13-32)30-23(28)31-22(16)29-19-8-6-18(7-9-19)24(25,26)27/h4-11H,2-3,12-15H2,1H3,(H3,28,29,30,31). The molecule has 4 rings (SSSR count). The number of nitrogens with zero attached hydrogens (tertiary/aromatic N) is 3. The van der Waals surface area contributed by atoms with Crippen molar-refractivity contribution in [2.24, 2.45) is 0 Å². The number of rotatable bonds is 7. The average molecular weight is 458 g/mol. The summed E-state index contributed by atoms with van der Waals surface area (Å²) >= 11 is 0. The summed E-state index contributed by atoms with van der Waals surface area (Å²) in [4.78, 5) is 11.0. The van der Waals surface area contributed by atoms with Gasteiger partial charge in [0.15, 0.2) is 0 Å². The molecule has 9 heteroatoms. The van der Waals surface area contributed by atoms with Gasteiger partial charge in [0.2, 0.25) is 5.95 Å². The van der Waals surface area contributed by atoms with E-state index in [0.29, 0.717) is 23.8 Å². The number of hydrogen-bond acceptors (Lipinski definition) is 6. The molecule has 0 bridgehead atoms. The molecule has 1 aliphatic heterocycles. The molecule has 1 saturated heterocycles. The summed E-state index contributed by atoms with van der Waals surface area (Å²) in [5.41, 5.74) is 7.88. The number of aromatic nitrogens is 2. The molecule has 2 aromatic carbocycles. The van der Waals surface area contributed by atoms with Gasteiger partial charge in [0.05, 0.1) is 11.3 Å². The number of halogens is 3. The Balaban J connectivity index is 1.47. The highest BCUT2D eigenvalue weighted by Gasteiger charge is 2.30. The molecule has 1 fully saturated rings. The number of ether oxygens (including phenoxy) is 1. The third-order valence-corrected chi connectivity index (χ3v) is 5.64. The Hall–Kier alpha value is -3.33. The summed E-state index contributed by atoms with van der Waals surface area (Å²) in [5, 5.41) is 3.04. The predicted molar refractivity (Wildman–Crippen MR) is 123 cm³/mol. The molecule has 0 saturated carbocycles. The number of benzene rings is 2. The van der Waals surface area contributed by atoms with Crippen LogP contribution in [0.2, 0.25) is 0 Å². The molecule has 6 nitrogen and oxygen atoms in total. The minimum atomic E-state index is -4.38. The van der Waals surface area contributed by atoms with E-state index in [9.17, 15) is 13.2 Å². The number of hydrogen-bond donors (Lipinski definition) is 2. The molecule has 0 spiro atoms. The van der Waals surface area contributed by atoms with E-state index in [4.69, 9.17) is 10.5 Å². The van der Waals surface area contributed by atoms with Gasteiger partial charge < -0.3 is 15.8 Å². The Morgan fingerprint density at radius 3 is 2.30 bits per heavy atom. The van der Waals surface area contributed by atoms with E-state index in [2.05, 4.69) is 20.2 Å².